The van der Waals surface area contributed by atoms with E-state index in [1.165, 1.54) is 4.31 Å². The quantitative estimate of drug-likeness (QED) is 0.865. The topological polar surface area (TPSA) is 95.1 Å². The second kappa shape index (κ2) is 6.96. The van der Waals surface area contributed by atoms with Crippen molar-refractivity contribution in [3.8, 4) is 11.5 Å². The summed E-state index contributed by atoms with van der Waals surface area (Å²) in [6.07, 6.45) is 9.40. The monoisotopic (exact) mass is 350 g/mol. The first-order valence-electron chi connectivity index (χ1n) is 7.95. The van der Waals surface area contributed by atoms with E-state index in [-0.39, 0.29) is 5.92 Å². The van der Waals surface area contributed by atoms with Gasteiger partial charge < -0.3 is 4.98 Å². The average Bonchev–Trinajstić information content (AvgIpc) is 3.10. The van der Waals surface area contributed by atoms with E-state index in [1.54, 1.807) is 43.2 Å². The van der Waals surface area contributed by atoms with Crippen molar-refractivity contribution < 1.29 is 8.42 Å². The van der Waals surface area contributed by atoms with Crippen molar-refractivity contribution in [2.75, 3.05) is 27.2 Å². The van der Waals surface area contributed by atoms with Crippen LogP contribution < -0.4 is 0 Å². The fraction of sp³-hybridized carbons (Fsp3) is 0.533. The van der Waals surface area contributed by atoms with Gasteiger partial charge in [-0.25, -0.2) is 9.97 Å². The lowest BCUT2D eigenvalue weighted by molar-refractivity contribution is 0.253. The zero-order valence-electron chi connectivity index (χ0n) is 13.9. The van der Waals surface area contributed by atoms with Crippen LogP contribution in [-0.4, -0.2) is 64.1 Å². The second-order valence-electron chi connectivity index (χ2n) is 6.19. The molecule has 0 amide bonds. The number of nitrogens with zero attached hydrogens (tertiary/aromatic N) is 5. The Hall–Kier alpha value is -1.84. The highest BCUT2D eigenvalue weighted by molar-refractivity contribution is 7.86. The predicted molar refractivity (Wildman–Crippen MR) is 90.2 cm³/mol. The van der Waals surface area contributed by atoms with Gasteiger partial charge in [-0.05, 0) is 25.2 Å². The van der Waals surface area contributed by atoms with Crippen LogP contribution in [0, 0.1) is 5.92 Å². The molecule has 0 aliphatic carbocycles. The predicted octanol–water partition coefficient (Wildman–Crippen LogP) is 0.928. The lowest BCUT2D eigenvalue weighted by Crippen LogP contribution is -2.45. The van der Waals surface area contributed by atoms with Gasteiger partial charge >= 0.3 is 0 Å². The van der Waals surface area contributed by atoms with Crippen LogP contribution in [0.25, 0.3) is 11.5 Å². The molecule has 130 valence electrons. The molecule has 0 unspecified atom stereocenters. The fourth-order valence-corrected chi connectivity index (χ4v) is 4.17. The number of imidazole rings is 1. The summed E-state index contributed by atoms with van der Waals surface area (Å²) >= 11 is 0. The van der Waals surface area contributed by atoms with E-state index < -0.39 is 10.2 Å². The second-order valence-corrected chi connectivity index (χ2v) is 8.34. The van der Waals surface area contributed by atoms with E-state index in [0.717, 1.165) is 18.5 Å². The molecule has 2 aromatic rings. The Morgan fingerprint density at radius 3 is 2.92 bits per heavy atom. The third-order valence-corrected chi connectivity index (χ3v) is 6.10. The van der Waals surface area contributed by atoms with E-state index in [2.05, 4.69) is 19.9 Å². The summed E-state index contributed by atoms with van der Waals surface area (Å²) in [6.45, 7) is 1.10. The SMILES string of the molecule is CN(C)S(=O)(=O)N1CCC[C@H](Cc2cncc(-c3ncc[nH]3)n2)C1. The highest BCUT2D eigenvalue weighted by Gasteiger charge is 2.30. The Morgan fingerprint density at radius 2 is 2.21 bits per heavy atom. The van der Waals surface area contributed by atoms with Crippen LogP contribution in [0.5, 0.6) is 0 Å². The van der Waals surface area contributed by atoms with E-state index >= 15 is 0 Å². The molecule has 24 heavy (non-hydrogen) atoms. The number of nitrogens with one attached hydrogen (secondary N) is 1. The number of hydrogen-bond acceptors (Lipinski definition) is 5. The molecule has 1 aliphatic rings. The van der Waals surface area contributed by atoms with Gasteiger partial charge in [-0.1, -0.05) is 0 Å². The Balaban J connectivity index is 1.71. The summed E-state index contributed by atoms with van der Waals surface area (Å²) in [5, 5.41) is 0. The molecule has 0 spiro atoms. The van der Waals surface area contributed by atoms with Gasteiger partial charge in [0, 0.05) is 45.8 Å². The van der Waals surface area contributed by atoms with Gasteiger partial charge in [0.05, 0.1) is 11.9 Å². The van der Waals surface area contributed by atoms with Gasteiger partial charge in [0.2, 0.25) is 0 Å². The Labute approximate surface area is 142 Å². The zero-order valence-corrected chi connectivity index (χ0v) is 14.7. The zero-order chi connectivity index (χ0) is 17.2. The lowest BCUT2D eigenvalue weighted by atomic mass is 9.95. The van der Waals surface area contributed by atoms with E-state index in [9.17, 15) is 8.42 Å². The van der Waals surface area contributed by atoms with Crippen molar-refractivity contribution in [2.24, 2.45) is 5.92 Å². The van der Waals surface area contributed by atoms with Crippen LogP contribution in [0.4, 0.5) is 0 Å². The normalized spacial score (nSPS) is 19.7. The van der Waals surface area contributed by atoms with Crippen LogP contribution in [0.3, 0.4) is 0 Å². The first kappa shape index (κ1) is 17.0. The fourth-order valence-electron chi connectivity index (χ4n) is 2.95. The molecule has 0 aromatic carbocycles. The highest BCUT2D eigenvalue weighted by atomic mass is 32.2. The summed E-state index contributed by atoms with van der Waals surface area (Å²) in [4.78, 5) is 16.0. The number of hydrogen-bond donors (Lipinski definition) is 1. The third-order valence-electron chi connectivity index (χ3n) is 4.19. The van der Waals surface area contributed by atoms with E-state index in [0.29, 0.717) is 31.0 Å². The Morgan fingerprint density at radius 1 is 1.38 bits per heavy atom. The van der Waals surface area contributed by atoms with Crippen LogP contribution in [-0.2, 0) is 16.6 Å². The minimum atomic E-state index is -3.35. The van der Waals surface area contributed by atoms with Gasteiger partial charge in [-0.15, -0.1) is 0 Å². The molecule has 0 bridgehead atoms. The number of aromatic nitrogens is 4. The first-order valence-corrected chi connectivity index (χ1v) is 9.35. The Kier molecular flexibility index (Phi) is 4.93. The number of piperidine rings is 1. The van der Waals surface area contributed by atoms with Crippen molar-refractivity contribution in [1.82, 2.24) is 28.5 Å². The van der Waals surface area contributed by atoms with Gasteiger partial charge in [-0.3, -0.25) is 4.98 Å². The number of H-pyrrole nitrogens is 1. The molecule has 2 aromatic heterocycles. The molecule has 0 saturated carbocycles. The summed E-state index contributed by atoms with van der Waals surface area (Å²) in [6, 6.07) is 0. The Bertz CT molecular complexity index is 775. The van der Waals surface area contributed by atoms with Gasteiger partial charge in [0.25, 0.3) is 10.2 Å². The molecule has 1 N–H and O–H groups in total. The van der Waals surface area contributed by atoms with Crippen LogP contribution in [0.15, 0.2) is 24.8 Å². The largest absolute Gasteiger partial charge is 0.343 e. The molecular formula is C15H22N6O2S. The summed E-state index contributed by atoms with van der Waals surface area (Å²) in [5.41, 5.74) is 1.56. The van der Waals surface area contributed by atoms with Gasteiger partial charge in [-0.2, -0.15) is 17.0 Å². The molecule has 3 rings (SSSR count). The average molecular weight is 350 g/mol. The smallest absolute Gasteiger partial charge is 0.281 e. The van der Waals surface area contributed by atoms with Crippen molar-refractivity contribution in [3.63, 3.8) is 0 Å². The summed E-state index contributed by atoms with van der Waals surface area (Å²) in [5.74, 6) is 0.930. The van der Waals surface area contributed by atoms with Crippen molar-refractivity contribution in [3.05, 3.63) is 30.5 Å². The van der Waals surface area contributed by atoms with Crippen molar-refractivity contribution >= 4 is 10.2 Å². The summed E-state index contributed by atoms with van der Waals surface area (Å²) in [7, 11) is -0.220. The molecule has 8 nitrogen and oxygen atoms in total. The van der Waals surface area contributed by atoms with Crippen molar-refractivity contribution in [1.29, 1.82) is 0 Å². The lowest BCUT2D eigenvalue weighted by Gasteiger charge is -2.33. The van der Waals surface area contributed by atoms with Gasteiger partial charge in [0.15, 0.2) is 5.82 Å². The minimum absolute atomic E-state index is 0.245. The maximum atomic E-state index is 12.3. The van der Waals surface area contributed by atoms with Crippen LogP contribution >= 0.6 is 0 Å². The molecule has 0 radical (unpaired) electrons. The van der Waals surface area contributed by atoms with Crippen LogP contribution in [0.1, 0.15) is 18.5 Å². The van der Waals surface area contributed by atoms with Gasteiger partial charge in [0.1, 0.15) is 5.69 Å². The molecule has 1 aliphatic heterocycles. The highest BCUT2D eigenvalue weighted by Crippen LogP contribution is 2.23. The van der Waals surface area contributed by atoms with Crippen molar-refractivity contribution in [2.45, 2.75) is 19.3 Å². The summed E-state index contributed by atoms with van der Waals surface area (Å²) < 4.78 is 27.4. The molecule has 9 heteroatoms. The van der Waals surface area contributed by atoms with E-state index in [4.69, 9.17) is 0 Å². The number of aromatic amines is 1. The molecule has 1 atom stereocenters. The maximum absolute atomic E-state index is 12.3. The molecule has 1 saturated heterocycles. The van der Waals surface area contributed by atoms with Crippen LogP contribution in [0.2, 0.25) is 0 Å². The molecular weight excluding hydrogens is 328 g/mol. The third kappa shape index (κ3) is 3.63. The molecule has 1 fully saturated rings. The minimum Gasteiger partial charge on any atom is -0.343 e. The first-order chi connectivity index (χ1) is 11.5. The maximum Gasteiger partial charge on any atom is 0.281 e. The van der Waals surface area contributed by atoms with E-state index in [1.807, 2.05) is 0 Å². The molecule has 3 heterocycles. The number of rotatable bonds is 5. The standard InChI is InChI=1S/C15H22N6O2S/c1-20(2)24(22,23)21-7-3-4-12(11-21)8-13-9-16-10-14(19-13)15-17-5-6-18-15/h5-6,9-10,12H,3-4,7-8,11H2,1-2H3,(H,17,18)/t12-/m1/s1.